The average molecular weight is 248 g/mol. The molecule has 100 valence electrons. The Labute approximate surface area is 110 Å². The van der Waals surface area contributed by atoms with Gasteiger partial charge in [-0.1, -0.05) is 34.6 Å². The fourth-order valence-electron chi connectivity index (χ4n) is 2.26. The molecule has 1 aromatic heterocycles. The van der Waals surface area contributed by atoms with Crippen LogP contribution in [0.2, 0.25) is 0 Å². The molecule has 0 unspecified atom stereocenters. The Morgan fingerprint density at radius 1 is 1.28 bits per heavy atom. The van der Waals surface area contributed by atoms with Gasteiger partial charge in [0.05, 0.1) is 0 Å². The van der Waals surface area contributed by atoms with E-state index in [2.05, 4.69) is 49.5 Å². The van der Waals surface area contributed by atoms with Crippen molar-refractivity contribution in [1.82, 2.24) is 9.97 Å². The number of nitrogens with zero attached hydrogens (tertiary/aromatic N) is 3. The molecular weight excluding hydrogens is 224 g/mol. The number of nitrogens with two attached hydrogens (primary N) is 1. The molecule has 0 spiro atoms. The van der Waals surface area contributed by atoms with Crippen molar-refractivity contribution < 1.29 is 0 Å². The standard InChI is InChI=1S/C14H24N4/c1-13(2,3)12-16-10(15)8-11(17-12)18-7-6-14(4,5)9-18/h8H,6-7,9H2,1-5H3,(H2,15,16,17). The van der Waals surface area contributed by atoms with Crippen molar-refractivity contribution in [3.8, 4) is 0 Å². The van der Waals surface area contributed by atoms with Crippen LogP contribution in [0.1, 0.15) is 46.9 Å². The van der Waals surface area contributed by atoms with Gasteiger partial charge in [-0.3, -0.25) is 0 Å². The lowest BCUT2D eigenvalue weighted by Gasteiger charge is -2.23. The monoisotopic (exact) mass is 248 g/mol. The molecule has 0 atom stereocenters. The van der Waals surface area contributed by atoms with Crippen LogP contribution in [0.4, 0.5) is 11.6 Å². The molecule has 1 fully saturated rings. The smallest absolute Gasteiger partial charge is 0.138 e. The summed E-state index contributed by atoms with van der Waals surface area (Å²) in [5.41, 5.74) is 6.21. The topological polar surface area (TPSA) is 55.0 Å². The highest BCUT2D eigenvalue weighted by atomic mass is 15.2. The lowest BCUT2D eigenvalue weighted by molar-refractivity contribution is 0.418. The van der Waals surface area contributed by atoms with E-state index in [9.17, 15) is 0 Å². The fourth-order valence-corrected chi connectivity index (χ4v) is 2.26. The van der Waals surface area contributed by atoms with Crippen molar-refractivity contribution in [3.05, 3.63) is 11.9 Å². The largest absolute Gasteiger partial charge is 0.384 e. The van der Waals surface area contributed by atoms with Crippen molar-refractivity contribution in [1.29, 1.82) is 0 Å². The number of hydrogen-bond acceptors (Lipinski definition) is 4. The van der Waals surface area contributed by atoms with Gasteiger partial charge in [-0.25, -0.2) is 9.97 Å². The third-order valence-corrected chi connectivity index (χ3v) is 3.40. The molecule has 2 rings (SSSR count). The van der Waals surface area contributed by atoms with Crippen LogP contribution in [-0.4, -0.2) is 23.1 Å². The van der Waals surface area contributed by atoms with E-state index in [1.165, 1.54) is 6.42 Å². The minimum atomic E-state index is -0.0701. The third kappa shape index (κ3) is 2.74. The lowest BCUT2D eigenvalue weighted by atomic mass is 9.93. The van der Waals surface area contributed by atoms with Gasteiger partial charge < -0.3 is 10.6 Å². The van der Waals surface area contributed by atoms with Gasteiger partial charge in [0.2, 0.25) is 0 Å². The minimum Gasteiger partial charge on any atom is -0.384 e. The molecular formula is C14H24N4. The highest BCUT2D eigenvalue weighted by Gasteiger charge is 2.31. The van der Waals surface area contributed by atoms with E-state index in [4.69, 9.17) is 5.73 Å². The van der Waals surface area contributed by atoms with E-state index >= 15 is 0 Å². The molecule has 2 heterocycles. The lowest BCUT2D eigenvalue weighted by Crippen LogP contribution is -2.26. The summed E-state index contributed by atoms with van der Waals surface area (Å²) in [7, 11) is 0. The molecule has 1 saturated heterocycles. The van der Waals surface area contributed by atoms with Gasteiger partial charge in [0.25, 0.3) is 0 Å². The first-order valence-electron chi connectivity index (χ1n) is 6.57. The molecule has 18 heavy (non-hydrogen) atoms. The molecule has 0 aliphatic carbocycles. The van der Waals surface area contributed by atoms with E-state index in [1.54, 1.807) is 0 Å². The van der Waals surface area contributed by atoms with Gasteiger partial charge in [-0.05, 0) is 11.8 Å². The molecule has 4 heteroatoms. The highest BCUT2D eigenvalue weighted by molar-refractivity contribution is 5.48. The molecule has 1 aliphatic heterocycles. The van der Waals surface area contributed by atoms with E-state index in [-0.39, 0.29) is 5.41 Å². The van der Waals surface area contributed by atoms with Gasteiger partial charge in [-0.15, -0.1) is 0 Å². The number of hydrogen-bond donors (Lipinski definition) is 1. The van der Waals surface area contributed by atoms with Gasteiger partial charge in [0, 0.05) is 24.6 Å². The molecule has 2 N–H and O–H groups in total. The van der Waals surface area contributed by atoms with Crippen molar-refractivity contribution in [3.63, 3.8) is 0 Å². The Bertz CT molecular complexity index is 446. The molecule has 4 nitrogen and oxygen atoms in total. The van der Waals surface area contributed by atoms with Crippen LogP contribution in [0.25, 0.3) is 0 Å². The maximum atomic E-state index is 5.91. The predicted octanol–water partition coefficient (Wildman–Crippen LogP) is 2.59. The summed E-state index contributed by atoms with van der Waals surface area (Å²) in [5.74, 6) is 2.36. The first-order chi connectivity index (χ1) is 8.17. The van der Waals surface area contributed by atoms with Gasteiger partial charge in [0.15, 0.2) is 0 Å². The number of aromatic nitrogens is 2. The second-order valence-corrected chi connectivity index (χ2v) is 7.06. The first-order valence-corrected chi connectivity index (χ1v) is 6.57. The van der Waals surface area contributed by atoms with Crippen molar-refractivity contribution in [2.75, 3.05) is 23.7 Å². The summed E-state index contributed by atoms with van der Waals surface area (Å²) in [6.07, 6.45) is 1.20. The van der Waals surface area contributed by atoms with Crippen LogP contribution in [0, 0.1) is 5.41 Å². The number of anilines is 2. The Balaban J connectivity index is 2.32. The van der Waals surface area contributed by atoms with Crippen LogP contribution < -0.4 is 10.6 Å². The molecule has 1 aliphatic rings. The Hall–Kier alpha value is -1.32. The van der Waals surface area contributed by atoms with Crippen molar-refractivity contribution in [2.24, 2.45) is 5.41 Å². The van der Waals surface area contributed by atoms with E-state index in [0.29, 0.717) is 11.2 Å². The predicted molar refractivity (Wildman–Crippen MR) is 75.8 cm³/mol. The molecule has 1 aromatic rings. The second-order valence-electron chi connectivity index (χ2n) is 7.06. The molecule has 0 bridgehead atoms. The average Bonchev–Trinajstić information content (AvgIpc) is 2.56. The molecule has 0 radical (unpaired) electrons. The van der Waals surface area contributed by atoms with E-state index < -0.39 is 0 Å². The molecule has 0 aromatic carbocycles. The highest BCUT2D eigenvalue weighted by Crippen LogP contribution is 2.32. The normalized spacial score (nSPS) is 19.3. The van der Waals surface area contributed by atoms with Gasteiger partial charge in [0.1, 0.15) is 17.5 Å². The zero-order valence-corrected chi connectivity index (χ0v) is 12.1. The van der Waals surface area contributed by atoms with E-state index in [0.717, 1.165) is 24.7 Å². The van der Waals surface area contributed by atoms with Gasteiger partial charge in [-0.2, -0.15) is 0 Å². The van der Waals surface area contributed by atoms with Crippen LogP contribution in [0.3, 0.4) is 0 Å². The summed E-state index contributed by atoms with van der Waals surface area (Å²) in [6.45, 7) is 13.0. The van der Waals surface area contributed by atoms with Gasteiger partial charge >= 0.3 is 0 Å². The zero-order valence-electron chi connectivity index (χ0n) is 12.1. The molecule has 0 amide bonds. The van der Waals surface area contributed by atoms with Crippen LogP contribution in [0.15, 0.2) is 6.07 Å². The minimum absolute atomic E-state index is 0.0701. The summed E-state index contributed by atoms with van der Waals surface area (Å²) in [6, 6.07) is 1.89. The maximum Gasteiger partial charge on any atom is 0.138 e. The van der Waals surface area contributed by atoms with Crippen LogP contribution in [-0.2, 0) is 5.41 Å². The number of rotatable bonds is 1. The Morgan fingerprint density at radius 2 is 1.94 bits per heavy atom. The van der Waals surface area contributed by atoms with Crippen LogP contribution >= 0.6 is 0 Å². The summed E-state index contributed by atoms with van der Waals surface area (Å²) in [4.78, 5) is 11.4. The van der Waals surface area contributed by atoms with Crippen molar-refractivity contribution in [2.45, 2.75) is 46.5 Å². The Kier molecular flexibility index (Phi) is 2.99. The zero-order chi connectivity index (χ0) is 13.6. The summed E-state index contributed by atoms with van der Waals surface area (Å²) >= 11 is 0. The maximum absolute atomic E-state index is 5.91. The van der Waals surface area contributed by atoms with Crippen LogP contribution in [0.5, 0.6) is 0 Å². The number of nitrogen functional groups attached to an aromatic ring is 1. The van der Waals surface area contributed by atoms with Crippen molar-refractivity contribution >= 4 is 11.6 Å². The quantitative estimate of drug-likeness (QED) is 0.830. The van der Waals surface area contributed by atoms with E-state index in [1.807, 2.05) is 6.07 Å². The second kappa shape index (κ2) is 4.11. The third-order valence-electron chi connectivity index (χ3n) is 3.40. The summed E-state index contributed by atoms with van der Waals surface area (Å²) in [5, 5.41) is 0. The first kappa shape index (κ1) is 13.1. The Morgan fingerprint density at radius 3 is 2.44 bits per heavy atom. The SMILES string of the molecule is CC1(C)CCN(c2cc(N)nc(C(C)(C)C)n2)C1. The molecule has 0 saturated carbocycles. The summed E-state index contributed by atoms with van der Waals surface area (Å²) < 4.78 is 0. The fraction of sp³-hybridized carbons (Fsp3) is 0.714.